The van der Waals surface area contributed by atoms with Gasteiger partial charge in [-0.2, -0.15) is 4.98 Å². The fraction of sp³-hybridized carbons (Fsp3) is 0.400. The van der Waals surface area contributed by atoms with Gasteiger partial charge < -0.3 is 33.7 Å². The van der Waals surface area contributed by atoms with Crippen molar-refractivity contribution in [3.63, 3.8) is 0 Å². The van der Waals surface area contributed by atoms with Gasteiger partial charge in [0.15, 0.2) is 12.3 Å². The molecule has 272 valence electrons. The zero-order chi connectivity index (χ0) is 37.6. The van der Waals surface area contributed by atoms with Crippen molar-refractivity contribution < 1.29 is 47.9 Å². The molecule has 51 heavy (non-hydrogen) atoms. The summed E-state index contributed by atoms with van der Waals surface area (Å²) in [6.45, 7) is 11.4. The summed E-state index contributed by atoms with van der Waals surface area (Å²) in [6, 6.07) is 11.8. The molecule has 2 N–H and O–H groups in total. The van der Waals surface area contributed by atoms with Gasteiger partial charge in [0.1, 0.15) is 41.0 Å². The average molecular weight is 839 g/mol. The van der Waals surface area contributed by atoms with E-state index in [-0.39, 0.29) is 27.7 Å². The molecule has 1 aliphatic heterocycles. The summed E-state index contributed by atoms with van der Waals surface area (Å²) in [4.78, 5) is 49.6. The van der Waals surface area contributed by atoms with Crippen LogP contribution in [-0.4, -0.2) is 72.4 Å². The van der Waals surface area contributed by atoms with Crippen LogP contribution in [0.5, 0.6) is 0 Å². The molecule has 2 aromatic carbocycles. The smallest absolute Gasteiger partial charge is 0.427 e. The van der Waals surface area contributed by atoms with Crippen LogP contribution in [-0.2, 0) is 18.9 Å². The molecule has 13 nitrogen and oxygen atoms in total. The third-order valence-electron chi connectivity index (χ3n) is 7.51. The Hall–Kier alpha value is -3.90. The number of nitrogens with zero attached hydrogens (tertiary/aromatic N) is 4. The van der Waals surface area contributed by atoms with Crippen molar-refractivity contribution in [2.24, 2.45) is 0 Å². The van der Waals surface area contributed by atoms with Crippen molar-refractivity contribution in [3.05, 3.63) is 86.0 Å². The summed E-state index contributed by atoms with van der Waals surface area (Å²) in [5.74, 6) is -1.97. The van der Waals surface area contributed by atoms with E-state index in [4.69, 9.17) is 30.5 Å². The van der Waals surface area contributed by atoms with Crippen molar-refractivity contribution in [2.45, 2.75) is 90.3 Å². The molecule has 0 bridgehead atoms. The molecule has 1 aliphatic rings. The number of aliphatic hydroxyl groups excluding tert-OH is 2. The van der Waals surface area contributed by atoms with Gasteiger partial charge in [0, 0.05) is 9.77 Å². The molecule has 2 aromatic heterocycles. The molecular formula is C35H37ClFIN4O9. The Morgan fingerprint density at radius 3 is 2.16 bits per heavy atom. The number of rotatable bonds is 6. The largest absolute Gasteiger partial charge is 0.451 e. The molecule has 3 heterocycles. The standard InChI is InChI=1S/C35H37ClFIN4O9/c1-17-23-22(38)16-41(28(23)40-31(39-17)42(32(46)50-34(2,3)4)33(47)51-35(5,6)7)29-25(44)24(43)27(48-29)26(19-13-14-20(36)21(37)15-19)49-30(45)18-11-9-8-10-12-18/h8-16,24-27,29,43-44H,1-7H3/t24-,25+,26+,27-,29+/m0/s1. The van der Waals surface area contributed by atoms with Crippen molar-refractivity contribution >= 4 is 69.3 Å². The number of esters is 1. The van der Waals surface area contributed by atoms with Gasteiger partial charge in [0.05, 0.1) is 21.7 Å². The van der Waals surface area contributed by atoms with Crippen LogP contribution in [0, 0.1) is 16.3 Å². The average Bonchev–Trinajstić information content (AvgIpc) is 3.51. The molecule has 0 saturated carbocycles. The number of anilines is 1. The normalized spacial score (nSPS) is 19.8. The second-order valence-corrected chi connectivity index (χ2v) is 15.4. The topological polar surface area (TPSA) is 163 Å². The molecule has 5 atom stereocenters. The number of benzene rings is 2. The fourth-order valence-electron chi connectivity index (χ4n) is 5.34. The van der Waals surface area contributed by atoms with E-state index < -0.39 is 65.8 Å². The molecule has 1 saturated heterocycles. The first-order chi connectivity index (χ1) is 23.8. The first-order valence-corrected chi connectivity index (χ1v) is 17.2. The number of carbonyl (C=O) groups is 3. The van der Waals surface area contributed by atoms with Crippen molar-refractivity contribution in [2.75, 3.05) is 4.90 Å². The Kier molecular flexibility index (Phi) is 11.0. The van der Waals surface area contributed by atoms with E-state index in [1.54, 1.807) is 72.9 Å². The number of fused-ring (bicyclic) bond motifs is 1. The Balaban J connectivity index is 1.58. The Bertz CT molecular complexity index is 1940. The van der Waals surface area contributed by atoms with Crippen LogP contribution in [0.25, 0.3) is 11.0 Å². The second-order valence-electron chi connectivity index (χ2n) is 13.8. The van der Waals surface area contributed by atoms with Gasteiger partial charge in [-0.1, -0.05) is 35.9 Å². The molecule has 2 amide bonds. The van der Waals surface area contributed by atoms with Gasteiger partial charge in [-0.15, -0.1) is 4.90 Å². The van der Waals surface area contributed by atoms with Crippen molar-refractivity contribution in [3.8, 4) is 0 Å². The molecule has 0 aliphatic carbocycles. The third-order valence-corrected chi connectivity index (χ3v) is 8.63. The van der Waals surface area contributed by atoms with Gasteiger partial charge in [-0.05, 0) is 101 Å². The number of imide groups is 1. The number of carbonyl (C=O) groups excluding carboxylic acids is 3. The first kappa shape index (κ1) is 38.3. The minimum atomic E-state index is -1.67. The van der Waals surface area contributed by atoms with Gasteiger partial charge >= 0.3 is 18.2 Å². The van der Waals surface area contributed by atoms with Crippen LogP contribution >= 0.6 is 34.2 Å². The highest BCUT2D eigenvalue weighted by molar-refractivity contribution is 14.1. The lowest BCUT2D eigenvalue weighted by atomic mass is 9.98. The van der Waals surface area contributed by atoms with E-state index in [0.717, 1.165) is 6.07 Å². The number of amides is 2. The van der Waals surface area contributed by atoms with Crippen LogP contribution in [0.15, 0.2) is 54.7 Å². The van der Waals surface area contributed by atoms with E-state index in [2.05, 4.69) is 9.97 Å². The first-order valence-electron chi connectivity index (χ1n) is 15.8. The maximum Gasteiger partial charge on any atom is 0.427 e. The number of aryl methyl sites for hydroxylation is 1. The molecule has 1 fully saturated rings. The lowest BCUT2D eigenvalue weighted by Gasteiger charge is -2.27. The zero-order valence-electron chi connectivity index (χ0n) is 28.8. The summed E-state index contributed by atoms with van der Waals surface area (Å²) in [5, 5.41) is 23.2. The zero-order valence-corrected chi connectivity index (χ0v) is 31.7. The molecule has 16 heteroatoms. The van der Waals surface area contributed by atoms with E-state index in [1.165, 1.54) is 28.8 Å². The molecule has 0 radical (unpaired) electrons. The van der Waals surface area contributed by atoms with Crippen molar-refractivity contribution in [1.29, 1.82) is 0 Å². The van der Waals surface area contributed by atoms with Crippen LogP contribution in [0.4, 0.5) is 19.9 Å². The Morgan fingerprint density at radius 1 is 0.980 bits per heavy atom. The van der Waals surface area contributed by atoms with Crippen LogP contribution in [0.1, 0.15) is 75.5 Å². The molecule has 0 spiro atoms. The van der Waals surface area contributed by atoms with Gasteiger partial charge in [-0.25, -0.2) is 23.8 Å². The van der Waals surface area contributed by atoms with E-state index >= 15 is 0 Å². The minimum absolute atomic E-state index is 0.107. The van der Waals surface area contributed by atoms with Gasteiger partial charge in [0.25, 0.3) is 0 Å². The highest BCUT2D eigenvalue weighted by Gasteiger charge is 2.50. The van der Waals surface area contributed by atoms with E-state index in [1.807, 2.05) is 22.6 Å². The predicted octanol–water partition coefficient (Wildman–Crippen LogP) is 7.03. The highest BCUT2D eigenvalue weighted by atomic mass is 127. The number of halogens is 3. The van der Waals surface area contributed by atoms with Crippen molar-refractivity contribution in [1.82, 2.24) is 14.5 Å². The predicted molar refractivity (Wildman–Crippen MR) is 192 cm³/mol. The maximum atomic E-state index is 14.7. The van der Waals surface area contributed by atoms with Crippen LogP contribution in [0.3, 0.4) is 0 Å². The summed E-state index contributed by atoms with van der Waals surface area (Å²) < 4.78 is 39.8. The number of aliphatic hydroxyl groups is 2. The minimum Gasteiger partial charge on any atom is -0.451 e. The number of hydrogen-bond acceptors (Lipinski definition) is 11. The fourth-order valence-corrected chi connectivity index (χ4v) is 6.39. The van der Waals surface area contributed by atoms with Gasteiger partial charge in [-0.3, -0.25) is 0 Å². The quantitative estimate of drug-likeness (QED) is 0.117. The monoisotopic (exact) mass is 838 g/mol. The number of ether oxygens (including phenoxy) is 4. The SMILES string of the molecule is Cc1nc(N(C(=O)OC(C)(C)C)C(=O)OC(C)(C)C)nc2c1c(I)cn2[C@@H]1O[C@H]([C@H](OC(=O)c2ccccc2)c2ccc(Cl)c(F)c2)[C@@H](O)[C@H]1O. The highest BCUT2D eigenvalue weighted by Crippen LogP contribution is 2.41. The third kappa shape index (κ3) is 8.43. The molecule has 5 rings (SSSR count). The maximum absolute atomic E-state index is 14.7. The number of aromatic nitrogens is 3. The second kappa shape index (κ2) is 14.6. The molecule has 4 aromatic rings. The molecule has 0 unspecified atom stereocenters. The lowest BCUT2D eigenvalue weighted by Crippen LogP contribution is -2.44. The summed E-state index contributed by atoms with van der Waals surface area (Å²) in [5.41, 5.74) is -1.22. The van der Waals surface area contributed by atoms with Crippen LogP contribution in [0.2, 0.25) is 5.02 Å². The Labute approximate surface area is 311 Å². The number of hydrogen-bond donors (Lipinski definition) is 2. The van der Waals surface area contributed by atoms with Gasteiger partial charge in [0.2, 0.25) is 5.95 Å². The lowest BCUT2D eigenvalue weighted by molar-refractivity contribution is -0.0917. The summed E-state index contributed by atoms with van der Waals surface area (Å²) in [6.07, 6.45) is -8.09. The summed E-state index contributed by atoms with van der Waals surface area (Å²) >= 11 is 7.96. The van der Waals surface area contributed by atoms with E-state index in [9.17, 15) is 29.0 Å². The van der Waals surface area contributed by atoms with Crippen LogP contribution < -0.4 is 4.90 Å². The molecular weight excluding hydrogens is 802 g/mol. The summed E-state index contributed by atoms with van der Waals surface area (Å²) in [7, 11) is 0. The Morgan fingerprint density at radius 2 is 1.59 bits per heavy atom. The van der Waals surface area contributed by atoms with E-state index in [0.29, 0.717) is 19.6 Å².